The fraction of sp³-hybridized carbons (Fsp3) is 0.200. The van der Waals surface area contributed by atoms with Crippen LogP contribution in [0.5, 0.6) is 17.4 Å². The molecule has 5 nitrogen and oxygen atoms in total. The summed E-state index contributed by atoms with van der Waals surface area (Å²) < 4.78 is 10.8. The molecule has 0 unspecified atom stereocenters. The highest BCUT2D eigenvalue weighted by molar-refractivity contribution is 5.94. The zero-order valence-electron chi connectivity index (χ0n) is 11.3. The fourth-order valence-corrected chi connectivity index (χ4v) is 1.69. The van der Waals surface area contributed by atoms with E-state index in [1.165, 1.54) is 20.2 Å². The topological polar surface area (TPSA) is 68.7 Å². The molecule has 1 aromatic heterocycles. The highest BCUT2D eigenvalue weighted by atomic mass is 16.5. The van der Waals surface area contributed by atoms with Crippen molar-refractivity contribution >= 4 is 5.78 Å². The maximum atomic E-state index is 11.3. The first-order valence-corrected chi connectivity index (χ1v) is 6.06. The van der Waals surface area contributed by atoms with Crippen molar-refractivity contribution in [3.8, 4) is 17.4 Å². The van der Waals surface area contributed by atoms with Crippen LogP contribution in [0.1, 0.15) is 22.8 Å². The number of ether oxygens (including phenoxy) is 2. The molecule has 0 saturated carbocycles. The van der Waals surface area contributed by atoms with Crippen molar-refractivity contribution in [2.24, 2.45) is 0 Å². The van der Waals surface area contributed by atoms with Crippen molar-refractivity contribution in [3.05, 3.63) is 47.7 Å². The van der Waals surface area contributed by atoms with E-state index in [-0.39, 0.29) is 12.4 Å². The summed E-state index contributed by atoms with van der Waals surface area (Å²) in [6, 6.07) is 8.30. The highest BCUT2D eigenvalue weighted by Crippen LogP contribution is 2.31. The van der Waals surface area contributed by atoms with Crippen molar-refractivity contribution in [2.45, 2.75) is 13.5 Å². The van der Waals surface area contributed by atoms with E-state index in [0.29, 0.717) is 22.9 Å². The fourth-order valence-electron chi connectivity index (χ4n) is 1.69. The van der Waals surface area contributed by atoms with E-state index in [4.69, 9.17) is 14.6 Å². The summed E-state index contributed by atoms with van der Waals surface area (Å²) in [5, 5.41) is 9.09. The highest BCUT2D eigenvalue weighted by Gasteiger charge is 2.09. The normalized spacial score (nSPS) is 10.2. The lowest BCUT2D eigenvalue weighted by atomic mass is 10.2. The van der Waals surface area contributed by atoms with Gasteiger partial charge in [0.05, 0.1) is 13.7 Å². The summed E-state index contributed by atoms with van der Waals surface area (Å²) in [7, 11) is 1.52. The van der Waals surface area contributed by atoms with Crippen LogP contribution in [0.15, 0.2) is 36.5 Å². The summed E-state index contributed by atoms with van der Waals surface area (Å²) >= 11 is 0. The van der Waals surface area contributed by atoms with Gasteiger partial charge in [-0.2, -0.15) is 0 Å². The number of methoxy groups -OCH3 is 1. The summed E-state index contributed by atoms with van der Waals surface area (Å²) in [5.41, 5.74) is 1.25. The molecule has 2 rings (SSSR count). The number of ketones is 1. The quantitative estimate of drug-likeness (QED) is 0.848. The third-order valence-corrected chi connectivity index (χ3v) is 2.77. The first-order valence-electron chi connectivity index (χ1n) is 6.06. The standard InChI is InChI=1S/C15H15NO4/c1-10(18)12-5-6-16-15(8-12)20-13-4-3-11(9-17)7-14(13)19-2/h3-8,17H,9H2,1-2H3. The number of Topliss-reactive ketones (excluding diaryl/α,β-unsaturated/α-hetero) is 1. The largest absolute Gasteiger partial charge is 0.493 e. The van der Waals surface area contributed by atoms with Gasteiger partial charge in [0.25, 0.3) is 0 Å². The van der Waals surface area contributed by atoms with Crippen LogP contribution in [0.3, 0.4) is 0 Å². The molecule has 5 heteroatoms. The van der Waals surface area contributed by atoms with E-state index in [9.17, 15) is 4.79 Å². The predicted octanol–water partition coefficient (Wildman–Crippen LogP) is 2.58. The zero-order chi connectivity index (χ0) is 14.5. The van der Waals surface area contributed by atoms with Crippen LogP contribution in [0.25, 0.3) is 0 Å². The molecule has 20 heavy (non-hydrogen) atoms. The molecule has 0 bridgehead atoms. The van der Waals surface area contributed by atoms with Gasteiger partial charge in [0.15, 0.2) is 17.3 Å². The summed E-state index contributed by atoms with van der Waals surface area (Å²) in [5.74, 6) is 1.22. The monoisotopic (exact) mass is 273 g/mol. The minimum atomic E-state index is -0.0747. The number of rotatable bonds is 5. The SMILES string of the molecule is COc1cc(CO)ccc1Oc1cc(C(C)=O)ccn1. The molecule has 0 spiro atoms. The number of pyridine rings is 1. The van der Waals surface area contributed by atoms with Gasteiger partial charge in [-0.3, -0.25) is 4.79 Å². The first kappa shape index (κ1) is 14.0. The summed E-state index contributed by atoms with van der Waals surface area (Å²) in [6.45, 7) is 1.41. The van der Waals surface area contributed by atoms with Crippen LogP contribution in [0, 0.1) is 0 Å². The molecule has 0 aliphatic carbocycles. The Morgan fingerprint density at radius 3 is 2.70 bits per heavy atom. The van der Waals surface area contributed by atoms with Crippen LogP contribution in [-0.4, -0.2) is 23.0 Å². The number of aliphatic hydroxyl groups excluding tert-OH is 1. The van der Waals surface area contributed by atoms with Gasteiger partial charge in [0, 0.05) is 17.8 Å². The van der Waals surface area contributed by atoms with Crippen molar-refractivity contribution in [1.29, 1.82) is 0 Å². The average molecular weight is 273 g/mol. The molecule has 1 aromatic carbocycles. The number of nitrogens with zero attached hydrogens (tertiary/aromatic N) is 1. The average Bonchev–Trinajstić information content (AvgIpc) is 2.48. The molecule has 0 aliphatic heterocycles. The Bertz CT molecular complexity index is 625. The Morgan fingerprint density at radius 1 is 1.25 bits per heavy atom. The van der Waals surface area contributed by atoms with Gasteiger partial charge in [0.1, 0.15) is 0 Å². The molecule has 1 N–H and O–H groups in total. The van der Waals surface area contributed by atoms with E-state index in [0.717, 1.165) is 5.56 Å². The van der Waals surface area contributed by atoms with Gasteiger partial charge in [-0.25, -0.2) is 4.98 Å². The van der Waals surface area contributed by atoms with Gasteiger partial charge < -0.3 is 14.6 Å². The number of benzene rings is 1. The van der Waals surface area contributed by atoms with E-state index in [1.54, 1.807) is 30.3 Å². The Labute approximate surface area is 116 Å². The number of hydrogen-bond acceptors (Lipinski definition) is 5. The minimum absolute atomic E-state index is 0.0557. The van der Waals surface area contributed by atoms with Crippen molar-refractivity contribution in [1.82, 2.24) is 4.98 Å². The number of carbonyl (C=O) groups is 1. The maximum Gasteiger partial charge on any atom is 0.220 e. The molecular weight excluding hydrogens is 258 g/mol. The molecule has 0 fully saturated rings. The van der Waals surface area contributed by atoms with Crippen LogP contribution >= 0.6 is 0 Å². The molecule has 104 valence electrons. The Hall–Kier alpha value is -2.40. The second-order valence-electron chi connectivity index (χ2n) is 4.18. The second-order valence-corrected chi connectivity index (χ2v) is 4.18. The maximum absolute atomic E-state index is 11.3. The molecule has 0 atom stereocenters. The molecule has 1 heterocycles. The molecule has 0 aliphatic rings. The Morgan fingerprint density at radius 2 is 2.05 bits per heavy atom. The van der Waals surface area contributed by atoms with Crippen LogP contribution in [0.2, 0.25) is 0 Å². The third kappa shape index (κ3) is 3.13. The first-order chi connectivity index (χ1) is 9.63. The van der Waals surface area contributed by atoms with Crippen LogP contribution < -0.4 is 9.47 Å². The van der Waals surface area contributed by atoms with E-state index >= 15 is 0 Å². The third-order valence-electron chi connectivity index (χ3n) is 2.77. The summed E-state index contributed by atoms with van der Waals surface area (Å²) in [4.78, 5) is 15.4. The van der Waals surface area contributed by atoms with Gasteiger partial charge >= 0.3 is 0 Å². The van der Waals surface area contributed by atoms with Gasteiger partial charge in [0.2, 0.25) is 5.88 Å². The van der Waals surface area contributed by atoms with Crippen molar-refractivity contribution in [2.75, 3.05) is 7.11 Å². The number of aliphatic hydroxyl groups is 1. The minimum Gasteiger partial charge on any atom is -0.493 e. The number of carbonyl (C=O) groups excluding carboxylic acids is 1. The number of hydrogen-bond donors (Lipinski definition) is 1. The molecule has 0 saturated heterocycles. The molecular formula is C15H15NO4. The van der Waals surface area contributed by atoms with Crippen LogP contribution in [0.4, 0.5) is 0 Å². The van der Waals surface area contributed by atoms with Crippen molar-refractivity contribution < 1.29 is 19.4 Å². The summed E-state index contributed by atoms with van der Waals surface area (Å²) in [6.07, 6.45) is 1.51. The predicted molar refractivity (Wildman–Crippen MR) is 73.2 cm³/mol. The lowest BCUT2D eigenvalue weighted by molar-refractivity contribution is 0.101. The van der Waals surface area contributed by atoms with Crippen molar-refractivity contribution in [3.63, 3.8) is 0 Å². The van der Waals surface area contributed by atoms with Gasteiger partial charge in [-0.15, -0.1) is 0 Å². The second kappa shape index (κ2) is 6.16. The van der Waals surface area contributed by atoms with Gasteiger partial charge in [-0.1, -0.05) is 6.07 Å². The lowest BCUT2D eigenvalue weighted by Crippen LogP contribution is -1.97. The molecule has 2 aromatic rings. The number of aromatic nitrogens is 1. The van der Waals surface area contributed by atoms with E-state index < -0.39 is 0 Å². The lowest BCUT2D eigenvalue weighted by Gasteiger charge is -2.11. The molecule has 0 amide bonds. The zero-order valence-corrected chi connectivity index (χ0v) is 11.3. The van der Waals surface area contributed by atoms with Crippen LogP contribution in [-0.2, 0) is 6.61 Å². The Kier molecular flexibility index (Phi) is 4.32. The molecule has 0 radical (unpaired) electrons. The van der Waals surface area contributed by atoms with Gasteiger partial charge in [-0.05, 0) is 30.7 Å². The van der Waals surface area contributed by atoms with E-state index in [2.05, 4.69) is 4.98 Å². The smallest absolute Gasteiger partial charge is 0.220 e. The van der Waals surface area contributed by atoms with E-state index in [1.807, 2.05) is 0 Å². The Balaban J connectivity index is 2.29.